The molecule has 1 unspecified atom stereocenters. The first-order chi connectivity index (χ1) is 11.7. The lowest BCUT2D eigenvalue weighted by Gasteiger charge is -2.33. The fourth-order valence-corrected chi connectivity index (χ4v) is 2.83. The lowest BCUT2D eigenvalue weighted by atomic mass is 10.1. The third kappa shape index (κ3) is 3.97. The number of halogens is 1. The van der Waals surface area contributed by atoms with Gasteiger partial charge in [-0.1, -0.05) is 24.3 Å². The number of nitrogens with two attached hydrogens (primary N) is 1. The number of hydrazine groups is 1. The fraction of sp³-hybridized carbons (Fsp3) is 0.278. The predicted molar refractivity (Wildman–Crippen MR) is 88.5 cm³/mol. The number of benzene rings is 2. The van der Waals surface area contributed by atoms with Crippen LogP contribution in [-0.4, -0.2) is 30.5 Å². The van der Waals surface area contributed by atoms with Crippen molar-refractivity contribution in [1.82, 2.24) is 10.3 Å². The molecule has 3 rings (SSSR count). The number of carbonyl (C=O) groups excluding carboxylic acids is 1. The minimum Gasteiger partial charge on any atom is -0.371 e. The highest BCUT2D eigenvalue weighted by molar-refractivity contribution is 5.93. The van der Waals surface area contributed by atoms with E-state index in [2.05, 4.69) is 10.3 Å². The molecule has 2 aromatic carbocycles. The van der Waals surface area contributed by atoms with Gasteiger partial charge in [-0.15, -0.1) is 0 Å². The Labute approximate surface area is 140 Å². The summed E-state index contributed by atoms with van der Waals surface area (Å²) in [5.74, 6) is 4.58. The van der Waals surface area contributed by atoms with Crippen molar-refractivity contribution in [2.45, 2.75) is 12.6 Å². The number of morpholine rings is 1. The molecule has 0 spiro atoms. The van der Waals surface area contributed by atoms with Crippen molar-refractivity contribution >= 4 is 5.91 Å². The van der Waals surface area contributed by atoms with E-state index in [1.807, 2.05) is 12.1 Å². The van der Waals surface area contributed by atoms with Gasteiger partial charge in [0, 0.05) is 25.2 Å². The number of carbonyl (C=O) groups is 1. The molecule has 1 fully saturated rings. The monoisotopic (exact) mass is 329 g/mol. The van der Waals surface area contributed by atoms with Crippen molar-refractivity contribution in [3.05, 3.63) is 71.0 Å². The number of hydrogen-bond acceptors (Lipinski definition) is 4. The van der Waals surface area contributed by atoms with E-state index in [0.717, 1.165) is 30.8 Å². The smallest absolute Gasteiger partial charge is 0.265 e. The summed E-state index contributed by atoms with van der Waals surface area (Å²) in [5.41, 5.74) is 4.75. The van der Waals surface area contributed by atoms with Crippen LogP contribution in [0, 0.1) is 5.82 Å². The Morgan fingerprint density at radius 1 is 1.21 bits per heavy atom. The first-order valence-corrected chi connectivity index (χ1v) is 7.85. The zero-order chi connectivity index (χ0) is 16.9. The minimum absolute atomic E-state index is 0.0540. The van der Waals surface area contributed by atoms with Crippen LogP contribution in [0.2, 0.25) is 0 Å². The maximum atomic E-state index is 13.0. The first kappa shape index (κ1) is 16.6. The molecule has 0 radical (unpaired) electrons. The second-order valence-corrected chi connectivity index (χ2v) is 5.82. The molecule has 24 heavy (non-hydrogen) atoms. The van der Waals surface area contributed by atoms with Crippen LogP contribution >= 0.6 is 0 Å². The van der Waals surface area contributed by atoms with Gasteiger partial charge in [0.15, 0.2) is 0 Å². The van der Waals surface area contributed by atoms with Crippen molar-refractivity contribution in [2.24, 2.45) is 5.84 Å². The van der Waals surface area contributed by atoms with E-state index in [4.69, 9.17) is 10.6 Å². The number of amides is 1. The summed E-state index contributed by atoms with van der Waals surface area (Å²) in [6, 6.07) is 13.8. The molecule has 1 aliphatic rings. The van der Waals surface area contributed by atoms with Gasteiger partial charge in [-0.3, -0.25) is 15.1 Å². The standard InChI is InChI=1S/C18H20FN3O2/c19-16-7-5-14(6-8-16)17-12-22(9-10-24-17)11-13-1-3-15(4-2-13)18(23)21-20/h1-8,17H,9-12,20H2,(H,21,23). The van der Waals surface area contributed by atoms with Crippen LogP contribution in [0.4, 0.5) is 4.39 Å². The van der Waals surface area contributed by atoms with E-state index in [1.165, 1.54) is 12.1 Å². The summed E-state index contributed by atoms with van der Waals surface area (Å²) in [6.07, 6.45) is -0.0540. The lowest BCUT2D eigenvalue weighted by molar-refractivity contribution is -0.0329. The number of nitrogen functional groups attached to an aromatic ring is 1. The van der Waals surface area contributed by atoms with E-state index in [9.17, 15) is 9.18 Å². The molecular formula is C18H20FN3O2. The molecule has 6 heteroatoms. The summed E-state index contributed by atoms with van der Waals surface area (Å²) in [4.78, 5) is 13.7. The lowest BCUT2D eigenvalue weighted by Crippen LogP contribution is -2.37. The Bertz CT molecular complexity index is 688. The largest absolute Gasteiger partial charge is 0.371 e. The van der Waals surface area contributed by atoms with Crippen molar-refractivity contribution in [2.75, 3.05) is 19.7 Å². The van der Waals surface area contributed by atoms with Crippen molar-refractivity contribution < 1.29 is 13.9 Å². The van der Waals surface area contributed by atoms with Gasteiger partial charge in [-0.05, 0) is 35.4 Å². The molecule has 126 valence electrons. The van der Waals surface area contributed by atoms with Crippen LogP contribution in [0.5, 0.6) is 0 Å². The topological polar surface area (TPSA) is 67.6 Å². The normalized spacial score (nSPS) is 18.3. The summed E-state index contributed by atoms with van der Waals surface area (Å²) in [5, 5.41) is 0. The minimum atomic E-state index is -0.302. The Balaban J connectivity index is 1.63. The van der Waals surface area contributed by atoms with Gasteiger partial charge in [0.2, 0.25) is 0 Å². The van der Waals surface area contributed by atoms with Gasteiger partial charge in [-0.25, -0.2) is 10.2 Å². The second-order valence-electron chi connectivity index (χ2n) is 5.82. The van der Waals surface area contributed by atoms with Crippen LogP contribution in [0.25, 0.3) is 0 Å². The maximum absolute atomic E-state index is 13.0. The highest BCUT2D eigenvalue weighted by Crippen LogP contribution is 2.23. The third-order valence-corrected chi connectivity index (χ3v) is 4.15. The second kappa shape index (κ2) is 7.53. The highest BCUT2D eigenvalue weighted by atomic mass is 19.1. The molecule has 0 aromatic heterocycles. The Kier molecular flexibility index (Phi) is 5.20. The van der Waals surface area contributed by atoms with Gasteiger partial charge in [0.25, 0.3) is 5.91 Å². The molecule has 0 bridgehead atoms. The molecule has 1 saturated heterocycles. The number of nitrogens with zero attached hydrogens (tertiary/aromatic N) is 1. The van der Waals surface area contributed by atoms with E-state index in [1.54, 1.807) is 24.3 Å². The molecule has 1 atom stereocenters. The zero-order valence-electron chi connectivity index (χ0n) is 13.2. The average molecular weight is 329 g/mol. The van der Waals surface area contributed by atoms with Crippen molar-refractivity contribution in [3.63, 3.8) is 0 Å². The third-order valence-electron chi connectivity index (χ3n) is 4.15. The zero-order valence-corrected chi connectivity index (χ0v) is 13.2. The average Bonchev–Trinajstić information content (AvgIpc) is 2.62. The van der Waals surface area contributed by atoms with Gasteiger partial charge >= 0.3 is 0 Å². The first-order valence-electron chi connectivity index (χ1n) is 7.85. The van der Waals surface area contributed by atoms with Gasteiger partial charge < -0.3 is 4.74 Å². The molecule has 1 aliphatic heterocycles. The molecule has 1 amide bonds. The van der Waals surface area contributed by atoms with E-state index in [-0.39, 0.29) is 17.8 Å². The number of ether oxygens (including phenoxy) is 1. The Hall–Kier alpha value is -2.28. The molecule has 1 heterocycles. The summed E-state index contributed by atoms with van der Waals surface area (Å²) in [7, 11) is 0. The van der Waals surface area contributed by atoms with Gasteiger partial charge in [-0.2, -0.15) is 0 Å². The Morgan fingerprint density at radius 2 is 1.92 bits per heavy atom. The molecule has 0 saturated carbocycles. The van der Waals surface area contributed by atoms with E-state index >= 15 is 0 Å². The number of hydrogen-bond donors (Lipinski definition) is 2. The Morgan fingerprint density at radius 3 is 2.58 bits per heavy atom. The van der Waals surface area contributed by atoms with E-state index in [0.29, 0.717) is 12.2 Å². The summed E-state index contributed by atoms with van der Waals surface area (Å²) in [6.45, 7) is 2.99. The SMILES string of the molecule is NNC(=O)c1ccc(CN2CCOC(c3ccc(F)cc3)C2)cc1. The number of nitrogens with one attached hydrogen (secondary N) is 1. The van der Waals surface area contributed by atoms with Crippen LogP contribution in [-0.2, 0) is 11.3 Å². The van der Waals surface area contributed by atoms with Gasteiger partial charge in [0.1, 0.15) is 5.82 Å². The molecule has 2 aromatic rings. The molecule has 0 aliphatic carbocycles. The summed E-state index contributed by atoms with van der Waals surface area (Å²) < 4.78 is 18.9. The molecular weight excluding hydrogens is 309 g/mol. The van der Waals surface area contributed by atoms with Crippen LogP contribution < -0.4 is 11.3 Å². The molecule has 5 nitrogen and oxygen atoms in total. The van der Waals surface area contributed by atoms with Crippen molar-refractivity contribution in [1.29, 1.82) is 0 Å². The van der Waals surface area contributed by atoms with Crippen LogP contribution in [0.1, 0.15) is 27.6 Å². The quantitative estimate of drug-likeness (QED) is 0.511. The predicted octanol–water partition coefficient (Wildman–Crippen LogP) is 2.00. The van der Waals surface area contributed by atoms with E-state index < -0.39 is 0 Å². The maximum Gasteiger partial charge on any atom is 0.265 e. The fourth-order valence-electron chi connectivity index (χ4n) is 2.83. The van der Waals surface area contributed by atoms with Gasteiger partial charge in [0.05, 0.1) is 12.7 Å². The molecule has 3 N–H and O–H groups in total. The number of rotatable bonds is 4. The van der Waals surface area contributed by atoms with Crippen molar-refractivity contribution in [3.8, 4) is 0 Å². The highest BCUT2D eigenvalue weighted by Gasteiger charge is 2.22. The summed E-state index contributed by atoms with van der Waals surface area (Å²) >= 11 is 0. The van der Waals surface area contributed by atoms with Crippen LogP contribution in [0.3, 0.4) is 0 Å². The van der Waals surface area contributed by atoms with Crippen LogP contribution in [0.15, 0.2) is 48.5 Å².